The largest absolute Gasteiger partial charge is 0.337 e. The SMILES string of the molecule is O=Cc1cnc(N2CC[NH+](Cc3ccccc3)CC2)s1. The van der Waals surface area contributed by atoms with E-state index in [-0.39, 0.29) is 0 Å². The fourth-order valence-corrected chi connectivity index (χ4v) is 3.33. The number of piperazine rings is 1. The molecule has 0 aliphatic carbocycles. The summed E-state index contributed by atoms with van der Waals surface area (Å²) in [4.78, 5) is 19.6. The maximum atomic E-state index is 10.7. The maximum absolute atomic E-state index is 10.7. The van der Waals surface area contributed by atoms with Crippen molar-refractivity contribution in [1.29, 1.82) is 0 Å². The highest BCUT2D eigenvalue weighted by atomic mass is 32.1. The van der Waals surface area contributed by atoms with Gasteiger partial charge in [0.15, 0.2) is 11.4 Å². The topological polar surface area (TPSA) is 37.6 Å². The van der Waals surface area contributed by atoms with Gasteiger partial charge in [0.25, 0.3) is 0 Å². The molecule has 0 saturated carbocycles. The Morgan fingerprint density at radius 2 is 2.00 bits per heavy atom. The fraction of sp³-hybridized carbons (Fsp3) is 0.333. The Labute approximate surface area is 122 Å². The number of carbonyl (C=O) groups excluding carboxylic acids is 1. The van der Waals surface area contributed by atoms with Gasteiger partial charge in [-0.3, -0.25) is 4.79 Å². The molecule has 0 bridgehead atoms. The number of hydrogen-bond donors (Lipinski definition) is 1. The zero-order valence-electron chi connectivity index (χ0n) is 11.3. The van der Waals surface area contributed by atoms with Crippen LogP contribution in [0.1, 0.15) is 15.2 Å². The van der Waals surface area contributed by atoms with E-state index < -0.39 is 0 Å². The second kappa shape index (κ2) is 6.15. The molecular weight excluding hydrogens is 270 g/mol. The quantitative estimate of drug-likeness (QED) is 0.848. The van der Waals surface area contributed by atoms with Gasteiger partial charge in [-0.15, -0.1) is 0 Å². The van der Waals surface area contributed by atoms with Crippen molar-refractivity contribution in [3.63, 3.8) is 0 Å². The van der Waals surface area contributed by atoms with Crippen molar-refractivity contribution in [2.45, 2.75) is 6.54 Å². The summed E-state index contributed by atoms with van der Waals surface area (Å²) in [7, 11) is 0. The minimum Gasteiger partial charge on any atom is -0.337 e. The third-order valence-corrected chi connectivity index (χ3v) is 4.65. The number of nitrogens with one attached hydrogen (secondary N) is 1. The van der Waals surface area contributed by atoms with Crippen LogP contribution >= 0.6 is 11.3 Å². The molecule has 1 aromatic carbocycles. The Morgan fingerprint density at radius 1 is 1.25 bits per heavy atom. The molecule has 2 heterocycles. The summed E-state index contributed by atoms with van der Waals surface area (Å²) in [5, 5.41) is 0.978. The molecule has 1 fully saturated rings. The highest BCUT2D eigenvalue weighted by Gasteiger charge is 2.22. The average Bonchev–Trinajstić information content (AvgIpc) is 2.98. The summed E-state index contributed by atoms with van der Waals surface area (Å²) < 4.78 is 0. The molecule has 20 heavy (non-hydrogen) atoms. The van der Waals surface area contributed by atoms with Gasteiger partial charge in [-0.2, -0.15) is 0 Å². The molecular formula is C15H18N3OS+. The van der Waals surface area contributed by atoms with Crippen molar-refractivity contribution in [3.8, 4) is 0 Å². The van der Waals surface area contributed by atoms with Crippen molar-refractivity contribution in [1.82, 2.24) is 4.98 Å². The molecule has 1 aliphatic heterocycles. The summed E-state index contributed by atoms with van der Waals surface area (Å²) in [5.74, 6) is 0. The van der Waals surface area contributed by atoms with Crippen LogP contribution in [0, 0.1) is 0 Å². The Hall–Kier alpha value is -1.72. The summed E-state index contributed by atoms with van der Waals surface area (Å²) in [6, 6.07) is 10.6. The number of thiazole rings is 1. The lowest BCUT2D eigenvalue weighted by atomic mass is 10.2. The second-order valence-corrected chi connectivity index (χ2v) is 6.10. The van der Waals surface area contributed by atoms with Gasteiger partial charge in [-0.1, -0.05) is 41.7 Å². The third-order valence-electron chi connectivity index (χ3n) is 3.67. The average molecular weight is 288 g/mol. The summed E-state index contributed by atoms with van der Waals surface area (Å²) in [6.45, 7) is 5.34. The smallest absolute Gasteiger partial charge is 0.186 e. The summed E-state index contributed by atoms with van der Waals surface area (Å²) >= 11 is 1.48. The Balaban J connectivity index is 1.55. The molecule has 0 radical (unpaired) electrons. The third kappa shape index (κ3) is 3.05. The first kappa shape index (κ1) is 13.3. The van der Waals surface area contributed by atoms with Gasteiger partial charge in [0, 0.05) is 5.56 Å². The molecule has 1 saturated heterocycles. The molecule has 0 spiro atoms. The molecule has 4 nitrogen and oxygen atoms in total. The van der Waals surface area contributed by atoms with E-state index in [0.29, 0.717) is 4.88 Å². The van der Waals surface area contributed by atoms with E-state index in [1.165, 1.54) is 16.9 Å². The van der Waals surface area contributed by atoms with Crippen molar-refractivity contribution in [2.24, 2.45) is 0 Å². The van der Waals surface area contributed by atoms with Gasteiger partial charge < -0.3 is 9.80 Å². The number of anilines is 1. The van der Waals surface area contributed by atoms with E-state index in [0.717, 1.165) is 44.1 Å². The molecule has 1 N–H and O–H groups in total. The number of quaternary nitrogens is 1. The van der Waals surface area contributed by atoms with Crippen LogP contribution < -0.4 is 9.80 Å². The molecule has 104 valence electrons. The van der Waals surface area contributed by atoms with Crippen LogP contribution in [0.25, 0.3) is 0 Å². The zero-order chi connectivity index (χ0) is 13.8. The van der Waals surface area contributed by atoms with E-state index in [1.807, 2.05) is 0 Å². The monoisotopic (exact) mass is 288 g/mol. The molecule has 2 aromatic rings. The van der Waals surface area contributed by atoms with Crippen LogP contribution in [0.5, 0.6) is 0 Å². The summed E-state index contributed by atoms with van der Waals surface area (Å²) in [6.07, 6.45) is 2.54. The molecule has 0 atom stereocenters. The van der Waals surface area contributed by atoms with Crippen LogP contribution in [0.4, 0.5) is 5.13 Å². The first-order valence-corrected chi connectivity index (χ1v) is 7.70. The standard InChI is InChI=1S/C15H17N3OS/c19-12-14-10-16-15(20-14)18-8-6-17(7-9-18)11-13-4-2-1-3-5-13/h1-5,10,12H,6-9,11H2/p+1. The number of aldehydes is 1. The van der Waals surface area contributed by atoms with Gasteiger partial charge in [0.1, 0.15) is 6.54 Å². The minimum absolute atomic E-state index is 0.707. The van der Waals surface area contributed by atoms with Gasteiger partial charge in [-0.05, 0) is 0 Å². The zero-order valence-corrected chi connectivity index (χ0v) is 12.1. The highest BCUT2D eigenvalue weighted by Crippen LogP contribution is 2.20. The molecule has 3 rings (SSSR count). The predicted molar refractivity (Wildman–Crippen MR) is 80.6 cm³/mol. The van der Waals surface area contributed by atoms with Gasteiger partial charge >= 0.3 is 0 Å². The van der Waals surface area contributed by atoms with Crippen LogP contribution in [0.2, 0.25) is 0 Å². The van der Waals surface area contributed by atoms with Gasteiger partial charge in [-0.25, -0.2) is 4.98 Å². The number of rotatable bonds is 4. The molecule has 1 aromatic heterocycles. The second-order valence-electron chi connectivity index (χ2n) is 5.06. The molecule has 1 aliphatic rings. The van der Waals surface area contributed by atoms with E-state index in [9.17, 15) is 4.79 Å². The van der Waals surface area contributed by atoms with Crippen LogP contribution in [-0.2, 0) is 6.54 Å². The predicted octanol–water partition coefficient (Wildman–Crippen LogP) is 0.861. The van der Waals surface area contributed by atoms with E-state index >= 15 is 0 Å². The minimum atomic E-state index is 0.707. The molecule has 0 unspecified atom stereocenters. The number of aromatic nitrogens is 1. The Bertz CT molecular complexity index is 562. The van der Waals surface area contributed by atoms with Crippen molar-refractivity contribution < 1.29 is 9.69 Å². The lowest BCUT2D eigenvalue weighted by Gasteiger charge is -2.32. The lowest BCUT2D eigenvalue weighted by molar-refractivity contribution is -0.914. The van der Waals surface area contributed by atoms with Crippen molar-refractivity contribution in [3.05, 3.63) is 47.0 Å². The normalized spacial score (nSPS) is 16.3. The van der Waals surface area contributed by atoms with Crippen molar-refractivity contribution >= 4 is 22.8 Å². The molecule has 5 heteroatoms. The number of nitrogens with zero attached hydrogens (tertiary/aromatic N) is 2. The maximum Gasteiger partial charge on any atom is 0.186 e. The number of carbonyl (C=O) groups is 1. The Kier molecular flexibility index (Phi) is 4.08. The van der Waals surface area contributed by atoms with Crippen LogP contribution in [-0.4, -0.2) is 37.4 Å². The molecule has 0 amide bonds. The fourth-order valence-electron chi connectivity index (χ4n) is 2.55. The lowest BCUT2D eigenvalue weighted by Crippen LogP contribution is -3.13. The van der Waals surface area contributed by atoms with E-state index in [1.54, 1.807) is 11.1 Å². The van der Waals surface area contributed by atoms with Gasteiger partial charge in [0.2, 0.25) is 0 Å². The number of benzene rings is 1. The van der Waals surface area contributed by atoms with E-state index in [4.69, 9.17) is 0 Å². The van der Waals surface area contributed by atoms with Crippen molar-refractivity contribution in [2.75, 3.05) is 31.1 Å². The summed E-state index contributed by atoms with van der Waals surface area (Å²) in [5.41, 5.74) is 1.40. The number of hydrogen-bond acceptors (Lipinski definition) is 4. The Morgan fingerprint density at radius 3 is 2.65 bits per heavy atom. The first-order chi connectivity index (χ1) is 9.85. The highest BCUT2D eigenvalue weighted by molar-refractivity contribution is 7.17. The van der Waals surface area contributed by atoms with Gasteiger partial charge in [0.05, 0.1) is 37.3 Å². The first-order valence-electron chi connectivity index (χ1n) is 6.88. The van der Waals surface area contributed by atoms with Crippen LogP contribution in [0.15, 0.2) is 36.5 Å². The van der Waals surface area contributed by atoms with Crippen LogP contribution in [0.3, 0.4) is 0 Å². The van der Waals surface area contributed by atoms with E-state index in [2.05, 4.69) is 40.2 Å².